The Kier molecular flexibility index (Phi) is 2.33. The van der Waals surface area contributed by atoms with Gasteiger partial charge in [0, 0.05) is 0 Å². The molecule has 1 aromatic rings. The van der Waals surface area contributed by atoms with Crippen LogP contribution in [-0.4, -0.2) is 9.97 Å². The highest BCUT2D eigenvalue weighted by atomic mass is 35.5. The number of aromatic nitrogens is 2. The van der Waals surface area contributed by atoms with Crippen LogP contribution in [0.15, 0.2) is 0 Å². The average Bonchev–Trinajstić information content (AvgIpc) is 2.30. The molecule has 0 spiro atoms. The fourth-order valence-corrected chi connectivity index (χ4v) is 1.21. The van der Waals surface area contributed by atoms with Crippen LogP contribution < -0.4 is 0 Å². The zero-order valence-electron chi connectivity index (χ0n) is 6.24. The highest BCUT2D eigenvalue weighted by Crippen LogP contribution is 2.08. The van der Waals surface area contributed by atoms with Crippen molar-refractivity contribution >= 4 is 11.6 Å². The van der Waals surface area contributed by atoms with Gasteiger partial charge in [-0.15, -0.1) is 11.6 Å². The highest BCUT2D eigenvalue weighted by molar-refractivity contribution is 6.16. The van der Waals surface area contributed by atoms with E-state index < -0.39 is 0 Å². The lowest BCUT2D eigenvalue weighted by molar-refractivity contribution is 1.02. The number of hydrogen-bond donors (Lipinski definition) is 1. The Bertz CT molecular complexity index is 196. The highest BCUT2D eigenvalue weighted by Gasteiger charge is 2.02. The van der Waals surface area contributed by atoms with E-state index in [4.69, 9.17) is 11.6 Å². The van der Waals surface area contributed by atoms with E-state index in [0.29, 0.717) is 5.88 Å². The van der Waals surface area contributed by atoms with Crippen molar-refractivity contribution in [1.82, 2.24) is 9.97 Å². The number of imidazole rings is 1. The zero-order chi connectivity index (χ0) is 7.56. The second-order valence-corrected chi connectivity index (χ2v) is 2.50. The summed E-state index contributed by atoms with van der Waals surface area (Å²) in [6, 6.07) is 0. The minimum Gasteiger partial charge on any atom is -0.345 e. The number of halogens is 1. The van der Waals surface area contributed by atoms with Crippen molar-refractivity contribution in [2.45, 2.75) is 26.1 Å². The second kappa shape index (κ2) is 3.06. The van der Waals surface area contributed by atoms with Gasteiger partial charge in [0.05, 0.1) is 17.3 Å². The van der Waals surface area contributed by atoms with Crippen molar-refractivity contribution in [2.75, 3.05) is 0 Å². The van der Waals surface area contributed by atoms with Crippen LogP contribution in [0.3, 0.4) is 0 Å². The molecule has 0 aromatic carbocycles. The molecule has 0 aliphatic rings. The van der Waals surface area contributed by atoms with E-state index in [2.05, 4.69) is 16.9 Å². The SMILES string of the molecule is CCc1nc(C)[nH]c1CCl. The van der Waals surface area contributed by atoms with E-state index in [9.17, 15) is 0 Å². The molecule has 0 bridgehead atoms. The lowest BCUT2D eigenvalue weighted by Crippen LogP contribution is -1.85. The minimum absolute atomic E-state index is 0.532. The Balaban J connectivity index is 2.96. The van der Waals surface area contributed by atoms with Crippen molar-refractivity contribution < 1.29 is 0 Å². The smallest absolute Gasteiger partial charge is 0.103 e. The van der Waals surface area contributed by atoms with Gasteiger partial charge in [0.1, 0.15) is 5.82 Å². The number of hydrogen-bond acceptors (Lipinski definition) is 1. The molecule has 0 saturated heterocycles. The summed E-state index contributed by atoms with van der Waals surface area (Å²) in [6.07, 6.45) is 0.951. The second-order valence-electron chi connectivity index (χ2n) is 2.23. The molecule has 0 saturated carbocycles. The third-order valence-corrected chi connectivity index (χ3v) is 1.72. The molecule has 1 N–H and O–H groups in total. The van der Waals surface area contributed by atoms with Gasteiger partial charge in [0.2, 0.25) is 0 Å². The lowest BCUT2D eigenvalue weighted by Gasteiger charge is -1.90. The Morgan fingerprint density at radius 3 is 2.70 bits per heavy atom. The monoisotopic (exact) mass is 158 g/mol. The molecule has 0 unspecified atom stereocenters. The van der Waals surface area contributed by atoms with Crippen LogP contribution in [0.4, 0.5) is 0 Å². The minimum atomic E-state index is 0.532. The van der Waals surface area contributed by atoms with Crippen molar-refractivity contribution in [3.05, 3.63) is 17.2 Å². The number of H-pyrrole nitrogens is 1. The number of aryl methyl sites for hydroxylation is 2. The summed E-state index contributed by atoms with van der Waals surface area (Å²) >= 11 is 5.65. The molecule has 0 radical (unpaired) electrons. The third-order valence-electron chi connectivity index (χ3n) is 1.45. The molecule has 0 fully saturated rings. The molecule has 1 rings (SSSR count). The number of nitrogens with zero attached hydrogens (tertiary/aromatic N) is 1. The van der Waals surface area contributed by atoms with Gasteiger partial charge in [-0.2, -0.15) is 0 Å². The third kappa shape index (κ3) is 1.32. The number of nitrogens with one attached hydrogen (secondary N) is 1. The Morgan fingerprint density at radius 1 is 1.60 bits per heavy atom. The molecule has 0 aliphatic carbocycles. The molecule has 0 amide bonds. The van der Waals surface area contributed by atoms with Gasteiger partial charge in [-0.05, 0) is 13.3 Å². The summed E-state index contributed by atoms with van der Waals surface area (Å²) in [4.78, 5) is 7.36. The van der Waals surface area contributed by atoms with Crippen molar-refractivity contribution in [3.63, 3.8) is 0 Å². The molecule has 0 atom stereocenters. The van der Waals surface area contributed by atoms with E-state index in [-0.39, 0.29) is 0 Å². The standard InChI is InChI=1S/C7H11ClN2/c1-3-6-7(4-8)10-5(2)9-6/h3-4H2,1-2H3,(H,9,10). The quantitative estimate of drug-likeness (QED) is 0.656. The van der Waals surface area contributed by atoms with E-state index >= 15 is 0 Å². The summed E-state index contributed by atoms with van der Waals surface area (Å²) in [5, 5.41) is 0. The van der Waals surface area contributed by atoms with Gasteiger partial charge in [-0.3, -0.25) is 0 Å². The normalized spacial score (nSPS) is 10.3. The molecular weight excluding hydrogens is 148 g/mol. The predicted octanol–water partition coefficient (Wildman–Crippen LogP) is 2.02. The number of aromatic amines is 1. The van der Waals surface area contributed by atoms with Gasteiger partial charge in [-0.1, -0.05) is 6.92 Å². The lowest BCUT2D eigenvalue weighted by atomic mass is 10.3. The predicted molar refractivity (Wildman–Crippen MR) is 42.3 cm³/mol. The van der Waals surface area contributed by atoms with Gasteiger partial charge in [0.25, 0.3) is 0 Å². The first kappa shape index (κ1) is 7.61. The summed E-state index contributed by atoms with van der Waals surface area (Å²) in [5.74, 6) is 1.48. The molecule has 1 heterocycles. The fourth-order valence-electron chi connectivity index (χ4n) is 0.991. The fraction of sp³-hybridized carbons (Fsp3) is 0.571. The van der Waals surface area contributed by atoms with Crippen LogP contribution >= 0.6 is 11.6 Å². The maximum absolute atomic E-state index is 5.65. The zero-order valence-corrected chi connectivity index (χ0v) is 7.00. The van der Waals surface area contributed by atoms with Gasteiger partial charge < -0.3 is 4.98 Å². The first-order chi connectivity index (χ1) is 4.77. The van der Waals surface area contributed by atoms with Crippen LogP contribution in [0.25, 0.3) is 0 Å². The van der Waals surface area contributed by atoms with Gasteiger partial charge >= 0.3 is 0 Å². The molecule has 1 aromatic heterocycles. The van der Waals surface area contributed by atoms with Crippen LogP contribution in [0, 0.1) is 6.92 Å². The Morgan fingerprint density at radius 2 is 2.30 bits per heavy atom. The molecule has 2 nitrogen and oxygen atoms in total. The Hall–Kier alpha value is -0.500. The van der Waals surface area contributed by atoms with E-state index in [1.807, 2.05) is 6.92 Å². The number of rotatable bonds is 2. The molecule has 56 valence electrons. The first-order valence-corrected chi connectivity index (χ1v) is 3.91. The van der Waals surface area contributed by atoms with Gasteiger partial charge in [-0.25, -0.2) is 4.98 Å². The molecular formula is C7H11ClN2. The average molecular weight is 159 g/mol. The molecule has 10 heavy (non-hydrogen) atoms. The van der Waals surface area contributed by atoms with E-state index in [0.717, 1.165) is 23.6 Å². The van der Waals surface area contributed by atoms with Crippen molar-refractivity contribution in [1.29, 1.82) is 0 Å². The Labute approximate surface area is 65.6 Å². The topological polar surface area (TPSA) is 28.7 Å². The van der Waals surface area contributed by atoms with E-state index in [1.54, 1.807) is 0 Å². The summed E-state index contributed by atoms with van der Waals surface area (Å²) in [7, 11) is 0. The van der Waals surface area contributed by atoms with Crippen LogP contribution in [-0.2, 0) is 12.3 Å². The van der Waals surface area contributed by atoms with Gasteiger partial charge in [0.15, 0.2) is 0 Å². The van der Waals surface area contributed by atoms with Crippen LogP contribution in [0.2, 0.25) is 0 Å². The first-order valence-electron chi connectivity index (χ1n) is 3.38. The summed E-state index contributed by atoms with van der Waals surface area (Å²) in [5.41, 5.74) is 2.15. The van der Waals surface area contributed by atoms with Crippen LogP contribution in [0.1, 0.15) is 24.1 Å². The molecule has 0 aliphatic heterocycles. The van der Waals surface area contributed by atoms with Crippen LogP contribution in [0.5, 0.6) is 0 Å². The number of alkyl halides is 1. The van der Waals surface area contributed by atoms with Crippen molar-refractivity contribution in [3.8, 4) is 0 Å². The summed E-state index contributed by atoms with van der Waals surface area (Å²) < 4.78 is 0. The molecule has 3 heteroatoms. The largest absolute Gasteiger partial charge is 0.345 e. The van der Waals surface area contributed by atoms with Crippen molar-refractivity contribution in [2.24, 2.45) is 0 Å². The maximum Gasteiger partial charge on any atom is 0.103 e. The maximum atomic E-state index is 5.65. The summed E-state index contributed by atoms with van der Waals surface area (Å²) in [6.45, 7) is 4.01. The van der Waals surface area contributed by atoms with E-state index in [1.165, 1.54) is 0 Å².